The zero-order chi connectivity index (χ0) is 21.4. The highest BCUT2D eigenvalue weighted by Gasteiger charge is 2.24. The third-order valence-electron chi connectivity index (χ3n) is 5.40. The molecular formula is C21H21N5O3S. The van der Waals surface area contributed by atoms with Crippen molar-refractivity contribution in [1.29, 1.82) is 5.26 Å². The van der Waals surface area contributed by atoms with E-state index >= 15 is 0 Å². The van der Waals surface area contributed by atoms with Gasteiger partial charge in [-0.3, -0.25) is 9.36 Å². The van der Waals surface area contributed by atoms with E-state index < -0.39 is 5.97 Å². The highest BCUT2D eigenvalue weighted by Crippen LogP contribution is 2.26. The molecule has 1 aromatic carbocycles. The standard InChI is InChI=1S/C21H21N5O3S/c1-12-11-30-18-17(12)24-21(25-7-3-5-14(23)10-25)26(19(18)27)9-13-4-2-6-15(20(28)29)16(13)8-22/h2,4,6,11,14H,3,5,7,9-10,23H2,1H3,(H,28,29)/t14-/m1/s1. The smallest absolute Gasteiger partial charge is 0.337 e. The van der Waals surface area contributed by atoms with Crippen molar-refractivity contribution < 1.29 is 9.90 Å². The number of nitriles is 1. The van der Waals surface area contributed by atoms with Gasteiger partial charge in [-0.2, -0.15) is 5.26 Å². The number of nitrogens with two attached hydrogens (primary N) is 1. The van der Waals surface area contributed by atoms with Gasteiger partial charge in [0.15, 0.2) is 0 Å². The van der Waals surface area contributed by atoms with Gasteiger partial charge in [-0.05, 0) is 42.3 Å². The molecule has 1 fully saturated rings. The van der Waals surface area contributed by atoms with Crippen LogP contribution in [0.15, 0.2) is 28.4 Å². The molecule has 30 heavy (non-hydrogen) atoms. The molecule has 4 rings (SSSR count). The Balaban J connectivity index is 1.90. The number of anilines is 1. The van der Waals surface area contributed by atoms with Crippen molar-refractivity contribution in [2.24, 2.45) is 5.73 Å². The van der Waals surface area contributed by atoms with E-state index in [0.717, 1.165) is 24.9 Å². The van der Waals surface area contributed by atoms with Crippen LogP contribution in [0, 0.1) is 18.3 Å². The van der Waals surface area contributed by atoms with E-state index in [9.17, 15) is 20.0 Å². The predicted molar refractivity (Wildman–Crippen MR) is 115 cm³/mol. The normalized spacial score (nSPS) is 16.6. The second kappa shape index (κ2) is 7.89. The van der Waals surface area contributed by atoms with E-state index in [-0.39, 0.29) is 29.3 Å². The molecule has 3 heterocycles. The maximum atomic E-state index is 13.4. The number of rotatable bonds is 4. The Morgan fingerprint density at radius 3 is 2.97 bits per heavy atom. The van der Waals surface area contributed by atoms with E-state index in [1.54, 1.807) is 12.1 Å². The van der Waals surface area contributed by atoms with Crippen molar-refractivity contribution in [2.75, 3.05) is 18.0 Å². The van der Waals surface area contributed by atoms with Crippen molar-refractivity contribution in [3.63, 3.8) is 0 Å². The largest absolute Gasteiger partial charge is 0.478 e. The molecule has 1 atom stereocenters. The summed E-state index contributed by atoms with van der Waals surface area (Å²) in [5.74, 6) is -0.667. The number of benzene rings is 1. The maximum Gasteiger partial charge on any atom is 0.337 e. The van der Waals surface area contributed by atoms with Gasteiger partial charge in [-0.1, -0.05) is 12.1 Å². The Bertz CT molecular complexity index is 1240. The lowest BCUT2D eigenvalue weighted by Crippen LogP contribution is -2.45. The minimum atomic E-state index is -1.18. The molecule has 9 heteroatoms. The fourth-order valence-electron chi connectivity index (χ4n) is 3.89. The number of nitrogens with zero attached hydrogens (tertiary/aromatic N) is 4. The Hall–Kier alpha value is -3.22. The van der Waals surface area contributed by atoms with E-state index in [0.29, 0.717) is 28.3 Å². The van der Waals surface area contributed by atoms with Crippen molar-refractivity contribution in [3.8, 4) is 6.07 Å². The summed E-state index contributed by atoms with van der Waals surface area (Å²) >= 11 is 1.34. The van der Waals surface area contributed by atoms with E-state index in [1.165, 1.54) is 22.0 Å². The highest BCUT2D eigenvalue weighted by molar-refractivity contribution is 7.17. The Kier molecular flexibility index (Phi) is 5.28. The van der Waals surface area contributed by atoms with Gasteiger partial charge in [0, 0.05) is 19.1 Å². The molecule has 0 saturated carbocycles. The highest BCUT2D eigenvalue weighted by atomic mass is 32.1. The quantitative estimate of drug-likeness (QED) is 0.659. The van der Waals surface area contributed by atoms with Crippen LogP contribution in [0.2, 0.25) is 0 Å². The molecule has 8 nitrogen and oxygen atoms in total. The third kappa shape index (κ3) is 3.44. The first-order valence-electron chi connectivity index (χ1n) is 9.65. The van der Waals surface area contributed by atoms with Crippen LogP contribution in [0.5, 0.6) is 0 Å². The molecule has 1 aliphatic rings. The lowest BCUT2D eigenvalue weighted by atomic mass is 10.0. The molecule has 0 amide bonds. The number of fused-ring (bicyclic) bond motifs is 1. The Labute approximate surface area is 176 Å². The number of aromatic carboxylic acids is 1. The molecule has 3 N–H and O–H groups in total. The molecule has 0 aliphatic carbocycles. The summed E-state index contributed by atoms with van der Waals surface area (Å²) in [6, 6.07) is 6.63. The minimum absolute atomic E-state index is 0.00613. The number of aromatic nitrogens is 2. The second-order valence-corrected chi connectivity index (χ2v) is 8.38. The number of hydrogen-bond acceptors (Lipinski definition) is 7. The molecule has 2 aromatic heterocycles. The summed E-state index contributed by atoms with van der Waals surface area (Å²) in [7, 11) is 0. The van der Waals surface area contributed by atoms with Gasteiger partial charge in [0.1, 0.15) is 10.8 Å². The van der Waals surface area contributed by atoms with Gasteiger partial charge < -0.3 is 15.7 Å². The van der Waals surface area contributed by atoms with Gasteiger partial charge in [-0.15, -0.1) is 11.3 Å². The lowest BCUT2D eigenvalue weighted by molar-refractivity contribution is 0.0696. The van der Waals surface area contributed by atoms with Crippen molar-refractivity contribution in [2.45, 2.75) is 32.4 Å². The average molecular weight is 423 g/mol. The van der Waals surface area contributed by atoms with E-state index in [1.807, 2.05) is 23.3 Å². The van der Waals surface area contributed by atoms with Crippen LogP contribution in [0.25, 0.3) is 10.2 Å². The maximum absolute atomic E-state index is 13.4. The number of hydrogen-bond donors (Lipinski definition) is 2. The first-order valence-corrected chi connectivity index (χ1v) is 10.5. The zero-order valence-electron chi connectivity index (χ0n) is 16.5. The van der Waals surface area contributed by atoms with Crippen LogP contribution >= 0.6 is 11.3 Å². The van der Waals surface area contributed by atoms with Crippen LogP contribution in [-0.2, 0) is 6.54 Å². The number of piperidine rings is 1. The SMILES string of the molecule is Cc1csc2c(=O)n(Cc3cccc(C(=O)O)c3C#N)c(N3CCC[C@@H](N)C3)nc12. The lowest BCUT2D eigenvalue weighted by Gasteiger charge is -2.33. The Morgan fingerprint density at radius 1 is 1.47 bits per heavy atom. The molecule has 1 aliphatic heterocycles. The number of carbonyl (C=O) groups is 1. The van der Waals surface area contributed by atoms with Gasteiger partial charge in [-0.25, -0.2) is 9.78 Å². The van der Waals surface area contributed by atoms with E-state index in [4.69, 9.17) is 10.7 Å². The van der Waals surface area contributed by atoms with Crippen LogP contribution in [0.1, 0.15) is 39.9 Å². The van der Waals surface area contributed by atoms with Gasteiger partial charge in [0.2, 0.25) is 5.95 Å². The van der Waals surface area contributed by atoms with Crippen LogP contribution in [-0.4, -0.2) is 39.8 Å². The summed E-state index contributed by atoms with van der Waals surface area (Å²) in [4.78, 5) is 31.7. The van der Waals surface area contributed by atoms with Crippen molar-refractivity contribution in [1.82, 2.24) is 9.55 Å². The third-order valence-corrected chi connectivity index (χ3v) is 6.47. The molecule has 0 radical (unpaired) electrons. The monoisotopic (exact) mass is 423 g/mol. The summed E-state index contributed by atoms with van der Waals surface area (Å²) in [5.41, 5.74) is 8.02. The summed E-state index contributed by atoms with van der Waals surface area (Å²) in [5, 5.41) is 20.9. The molecule has 0 spiro atoms. The summed E-state index contributed by atoms with van der Waals surface area (Å²) in [6.45, 7) is 3.30. The molecule has 1 saturated heterocycles. The van der Waals surface area contributed by atoms with Crippen LogP contribution in [0.3, 0.4) is 0 Å². The predicted octanol–water partition coefficient (Wildman–Crippen LogP) is 2.31. The van der Waals surface area contributed by atoms with Gasteiger partial charge >= 0.3 is 5.97 Å². The number of carboxylic acids is 1. The molecular weight excluding hydrogens is 402 g/mol. The van der Waals surface area contributed by atoms with Crippen molar-refractivity contribution >= 4 is 33.5 Å². The molecule has 0 unspecified atom stereocenters. The number of aryl methyl sites for hydroxylation is 1. The number of carboxylic acid groups (broad SMARTS) is 1. The first kappa shape index (κ1) is 20.1. The minimum Gasteiger partial charge on any atom is -0.478 e. The summed E-state index contributed by atoms with van der Waals surface area (Å²) < 4.78 is 2.09. The molecule has 154 valence electrons. The average Bonchev–Trinajstić information content (AvgIpc) is 3.10. The molecule has 3 aromatic rings. The van der Waals surface area contributed by atoms with Crippen LogP contribution < -0.4 is 16.2 Å². The summed E-state index contributed by atoms with van der Waals surface area (Å²) in [6.07, 6.45) is 1.81. The Morgan fingerprint density at radius 2 is 2.27 bits per heavy atom. The van der Waals surface area contributed by atoms with Gasteiger partial charge in [0.25, 0.3) is 5.56 Å². The van der Waals surface area contributed by atoms with Crippen LogP contribution in [0.4, 0.5) is 5.95 Å². The fourth-order valence-corrected chi connectivity index (χ4v) is 4.83. The van der Waals surface area contributed by atoms with Crippen molar-refractivity contribution in [3.05, 3.63) is 56.2 Å². The first-order chi connectivity index (χ1) is 14.4. The zero-order valence-corrected chi connectivity index (χ0v) is 17.3. The van der Waals surface area contributed by atoms with E-state index in [2.05, 4.69) is 0 Å². The fraction of sp³-hybridized carbons (Fsp3) is 0.333. The topological polar surface area (TPSA) is 125 Å². The molecule has 0 bridgehead atoms. The number of thiophene rings is 1. The second-order valence-electron chi connectivity index (χ2n) is 7.50. The van der Waals surface area contributed by atoms with Gasteiger partial charge in [0.05, 0.1) is 23.2 Å².